The molecule has 0 radical (unpaired) electrons. The molecule has 0 spiro atoms. The maximum absolute atomic E-state index is 8.55. The fourth-order valence-electron chi connectivity index (χ4n) is 3.77. The average molecular weight is 391 g/mol. The second-order valence-electron chi connectivity index (χ2n) is 6.24. The molecule has 0 N–H and O–H groups in total. The second kappa shape index (κ2) is 8.13. The zero-order chi connectivity index (χ0) is 20.6. The number of likely N-dealkylation sites (N-methyl/N-ethyl adjacent to an activating group) is 1. The van der Waals surface area contributed by atoms with Crippen LogP contribution in [0.3, 0.4) is 0 Å². The highest BCUT2D eigenvalue weighted by Crippen LogP contribution is 2.38. The SMILES string of the molecule is [2H]C([2H])([2H])C([2H])([2H])[N+]1(CC)CCC(=C(c2ccccc2)c2ccccc2)C1C.[Br-]. The lowest BCUT2D eigenvalue weighted by molar-refractivity contribution is -0.931. The van der Waals surface area contributed by atoms with Gasteiger partial charge in [0.25, 0.3) is 0 Å². The summed E-state index contributed by atoms with van der Waals surface area (Å²) in [5, 5.41) is 0. The molecule has 0 amide bonds. The zero-order valence-electron chi connectivity index (χ0n) is 19.3. The van der Waals surface area contributed by atoms with E-state index in [2.05, 4.69) is 24.3 Å². The van der Waals surface area contributed by atoms with Crippen LogP contribution in [0, 0.1) is 0 Å². The van der Waals surface area contributed by atoms with Crippen LogP contribution < -0.4 is 17.0 Å². The summed E-state index contributed by atoms with van der Waals surface area (Å²) in [6.45, 7) is -0.169. The molecule has 1 heterocycles. The molecule has 1 nitrogen and oxygen atoms in total. The molecule has 1 aliphatic heterocycles. The Morgan fingerprint density at radius 3 is 2.08 bits per heavy atom. The third-order valence-electron chi connectivity index (χ3n) is 5.26. The van der Waals surface area contributed by atoms with Crippen LogP contribution in [0.5, 0.6) is 0 Å². The summed E-state index contributed by atoms with van der Waals surface area (Å²) in [5.74, 6) is 0. The van der Waals surface area contributed by atoms with E-state index in [0.717, 1.165) is 22.3 Å². The van der Waals surface area contributed by atoms with Crippen LogP contribution in [0.25, 0.3) is 5.57 Å². The van der Waals surface area contributed by atoms with Crippen molar-refractivity contribution in [1.82, 2.24) is 0 Å². The van der Waals surface area contributed by atoms with E-state index in [1.807, 2.05) is 50.2 Å². The average Bonchev–Trinajstić information content (AvgIpc) is 3.01. The van der Waals surface area contributed by atoms with Crippen LogP contribution >= 0.6 is 0 Å². The molecule has 1 saturated heterocycles. The molecule has 0 aromatic heterocycles. The first-order valence-electron chi connectivity index (χ1n) is 10.9. The number of likely N-dealkylation sites (tertiary alicyclic amines) is 1. The van der Waals surface area contributed by atoms with Crippen molar-refractivity contribution in [2.24, 2.45) is 0 Å². The van der Waals surface area contributed by atoms with E-state index in [4.69, 9.17) is 6.85 Å². The largest absolute Gasteiger partial charge is 1.00 e. The molecule has 0 bridgehead atoms. The quantitative estimate of drug-likeness (QED) is 0.701. The normalized spacial score (nSPS) is 27.2. The minimum Gasteiger partial charge on any atom is -1.00 e. The fraction of sp³-hybridized carbons (Fsp3) is 0.364. The lowest BCUT2D eigenvalue weighted by Gasteiger charge is -2.37. The van der Waals surface area contributed by atoms with E-state index in [-0.39, 0.29) is 27.5 Å². The van der Waals surface area contributed by atoms with Crippen LogP contribution in [-0.4, -0.2) is 30.1 Å². The Balaban J connectivity index is 0.00000300. The second-order valence-corrected chi connectivity index (χ2v) is 6.24. The third-order valence-corrected chi connectivity index (χ3v) is 5.26. The van der Waals surface area contributed by atoms with Crippen LogP contribution in [0.2, 0.25) is 0 Å². The summed E-state index contributed by atoms with van der Waals surface area (Å²) in [6, 6.07) is 20.0. The van der Waals surface area contributed by atoms with Gasteiger partial charge in [-0.1, -0.05) is 60.7 Å². The lowest BCUT2D eigenvalue weighted by atomic mass is 9.90. The Kier molecular flexibility index (Phi) is 4.37. The summed E-state index contributed by atoms with van der Waals surface area (Å²) in [6.07, 6.45) is 0.684. The molecule has 2 aromatic carbocycles. The van der Waals surface area contributed by atoms with Gasteiger partial charge in [0.2, 0.25) is 0 Å². The minimum atomic E-state index is -2.67. The maximum Gasteiger partial charge on any atom is 0.109 e. The predicted molar refractivity (Wildman–Crippen MR) is 99.2 cm³/mol. The van der Waals surface area contributed by atoms with Gasteiger partial charge in [-0.15, -0.1) is 0 Å². The van der Waals surface area contributed by atoms with Crippen LogP contribution in [0.4, 0.5) is 0 Å². The number of nitrogens with zero attached hydrogens (tertiary/aromatic N) is 1. The number of halogens is 1. The van der Waals surface area contributed by atoms with E-state index in [9.17, 15) is 0 Å². The molecule has 2 atom stereocenters. The molecule has 0 aliphatic carbocycles. The van der Waals surface area contributed by atoms with Crippen molar-refractivity contribution < 1.29 is 28.3 Å². The highest BCUT2D eigenvalue weighted by atomic mass is 79.9. The van der Waals surface area contributed by atoms with Gasteiger partial charge in [0.15, 0.2) is 0 Å². The number of benzene rings is 2. The van der Waals surface area contributed by atoms with E-state index in [0.29, 0.717) is 19.5 Å². The molecule has 2 aromatic rings. The summed E-state index contributed by atoms with van der Waals surface area (Å²) >= 11 is 0. The highest BCUT2D eigenvalue weighted by Gasteiger charge is 2.40. The molecule has 1 aliphatic rings. The van der Waals surface area contributed by atoms with Gasteiger partial charge in [-0.25, -0.2) is 0 Å². The Bertz CT molecular complexity index is 807. The molecular formula is C22H28BrN. The van der Waals surface area contributed by atoms with Crippen molar-refractivity contribution in [3.63, 3.8) is 0 Å². The number of hydrogen-bond acceptors (Lipinski definition) is 0. The van der Waals surface area contributed by atoms with Crippen LogP contribution in [0.1, 0.15) is 45.1 Å². The summed E-state index contributed by atoms with van der Waals surface area (Å²) in [5.41, 5.74) is 4.40. The first-order chi connectivity index (χ1) is 13.2. The lowest BCUT2D eigenvalue weighted by Crippen LogP contribution is -3.00. The standard InChI is InChI=1S/C22H28N.BrH/c1-4-23(5-2)17-16-21(18(23)3)22(19-12-8-6-9-13-19)20-14-10-7-11-15-20;/h6-15,18H,4-5,16-17H2,1-3H3;1H/q+1;/p-1/i1D3,4D2;. The van der Waals surface area contributed by atoms with Gasteiger partial charge in [0.05, 0.1) is 22.3 Å². The van der Waals surface area contributed by atoms with Gasteiger partial charge >= 0.3 is 0 Å². The van der Waals surface area contributed by atoms with Crippen LogP contribution in [-0.2, 0) is 0 Å². The topological polar surface area (TPSA) is 0 Å². The van der Waals surface area contributed by atoms with E-state index >= 15 is 0 Å². The van der Waals surface area contributed by atoms with Gasteiger partial charge in [0, 0.05) is 16.1 Å². The summed E-state index contributed by atoms with van der Waals surface area (Å²) in [4.78, 5) is 0. The Labute approximate surface area is 164 Å². The smallest absolute Gasteiger partial charge is 0.109 e. The molecule has 24 heavy (non-hydrogen) atoms. The fourth-order valence-corrected chi connectivity index (χ4v) is 3.77. The minimum absolute atomic E-state index is 0. The van der Waals surface area contributed by atoms with Gasteiger partial charge in [-0.05, 0) is 37.4 Å². The van der Waals surface area contributed by atoms with E-state index < -0.39 is 13.3 Å². The van der Waals surface area contributed by atoms with Gasteiger partial charge in [0.1, 0.15) is 6.04 Å². The van der Waals surface area contributed by atoms with Crippen LogP contribution in [0.15, 0.2) is 66.2 Å². The summed E-state index contributed by atoms with van der Waals surface area (Å²) < 4.78 is 40.6. The van der Waals surface area contributed by atoms with E-state index in [1.165, 1.54) is 0 Å². The van der Waals surface area contributed by atoms with Gasteiger partial charge in [-0.2, -0.15) is 0 Å². The molecule has 3 rings (SSSR count). The van der Waals surface area contributed by atoms with Crippen molar-refractivity contribution in [3.8, 4) is 0 Å². The van der Waals surface area contributed by atoms with Crippen molar-refractivity contribution in [2.45, 2.75) is 33.2 Å². The first-order valence-corrected chi connectivity index (χ1v) is 8.36. The molecule has 2 unspecified atom stereocenters. The maximum atomic E-state index is 8.55. The molecular weight excluding hydrogens is 358 g/mol. The van der Waals surface area contributed by atoms with Gasteiger partial charge < -0.3 is 21.5 Å². The number of rotatable bonds is 4. The first kappa shape index (κ1) is 12.9. The van der Waals surface area contributed by atoms with Crippen molar-refractivity contribution in [3.05, 3.63) is 77.4 Å². The molecule has 1 fully saturated rings. The molecule has 0 saturated carbocycles. The Hall–Kier alpha value is -1.38. The van der Waals surface area contributed by atoms with E-state index in [1.54, 1.807) is 0 Å². The third kappa shape index (κ3) is 3.36. The number of hydrogen-bond donors (Lipinski definition) is 0. The van der Waals surface area contributed by atoms with Crippen molar-refractivity contribution in [2.75, 3.05) is 19.6 Å². The van der Waals surface area contributed by atoms with Crippen molar-refractivity contribution >= 4 is 5.57 Å². The molecule has 2 heteroatoms. The van der Waals surface area contributed by atoms with Gasteiger partial charge in [-0.3, -0.25) is 0 Å². The highest BCUT2D eigenvalue weighted by molar-refractivity contribution is 5.82. The number of quaternary nitrogens is 1. The summed E-state index contributed by atoms with van der Waals surface area (Å²) in [7, 11) is 0. The Morgan fingerprint density at radius 2 is 1.62 bits per heavy atom. The predicted octanol–water partition coefficient (Wildman–Crippen LogP) is 2.14. The Morgan fingerprint density at radius 1 is 1.08 bits per heavy atom. The monoisotopic (exact) mass is 390 g/mol. The van der Waals surface area contributed by atoms with Crippen molar-refractivity contribution in [1.29, 1.82) is 0 Å². The molecule has 128 valence electrons. The zero-order valence-corrected chi connectivity index (χ0v) is 15.9.